The number of phosphoric ester groups is 1. The van der Waals surface area contributed by atoms with Gasteiger partial charge in [0.25, 0.3) is 0 Å². The van der Waals surface area contributed by atoms with Crippen molar-refractivity contribution < 1.29 is 18.5 Å². The fourth-order valence-electron chi connectivity index (χ4n) is 4.31. The van der Waals surface area contributed by atoms with Crippen LogP contribution in [0.25, 0.3) is 10.8 Å². The Morgan fingerprint density at radius 3 is 2.77 bits per heavy atom. The summed E-state index contributed by atoms with van der Waals surface area (Å²) in [4.78, 5) is 11.9. The molecule has 1 heterocycles. The number of hydrogen-bond acceptors (Lipinski definition) is 4. The van der Waals surface area contributed by atoms with E-state index in [-0.39, 0.29) is 12.1 Å². The van der Waals surface area contributed by atoms with Gasteiger partial charge in [0.2, 0.25) is 0 Å². The first-order valence-electron chi connectivity index (χ1n) is 9.38. The third kappa shape index (κ3) is 3.23. The summed E-state index contributed by atoms with van der Waals surface area (Å²) in [6.45, 7) is 2.27. The number of phosphoric acid groups is 1. The van der Waals surface area contributed by atoms with Crippen LogP contribution in [-0.2, 0) is 19.0 Å². The second kappa shape index (κ2) is 6.15. The van der Waals surface area contributed by atoms with Gasteiger partial charge in [0.15, 0.2) is 0 Å². The summed E-state index contributed by atoms with van der Waals surface area (Å²) in [5.74, 6) is 1.05. The van der Waals surface area contributed by atoms with Crippen LogP contribution in [-0.4, -0.2) is 36.2 Å². The van der Waals surface area contributed by atoms with E-state index in [4.69, 9.17) is 9.05 Å². The molecular weight excluding hydrogens is 349 g/mol. The molecule has 6 heteroatoms. The molecule has 2 aromatic carbocycles. The molecule has 5 nitrogen and oxygen atoms in total. The Bertz CT molecular complexity index is 883. The van der Waals surface area contributed by atoms with Gasteiger partial charge in [-0.1, -0.05) is 42.5 Å². The Hall–Kier alpha value is -1.23. The zero-order valence-electron chi connectivity index (χ0n) is 14.7. The van der Waals surface area contributed by atoms with Crippen LogP contribution in [0.1, 0.15) is 24.8 Å². The van der Waals surface area contributed by atoms with Crippen molar-refractivity contribution in [2.45, 2.75) is 24.7 Å². The summed E-state index contributed by atoms with van der Waals surface area (Å²) in [6.07, 6.45) is 3.36. The van der Waals surface area contributed by atoms with E-state index in [1.54, 1.807) is 0 Å². The normalized spacial score (nSPS) is 30.3. The number of nitrogens with zero attached hydrogens (tertiary/aromatic N) is 1. The van der Waals surface area contributed by atoms with E-state index in [2.05, 4.69) is 47.4 Å². The molecule has 3 aliphatic rings. The topological polar surface area (TPSA) is 59.0 Å². The van der Waals surface area contributed by atoms with Gasteiger partial charge in [0.1, 0.15) is 6.73 Å². The van der Waals surface area contributed by atoms with E-state index in [1.807, 2.05) is 0 Å². The lowest BCUT2D eigenvalue weighted by Gasteiger charge is -2.22. The molecule has 1 aliphatic heterocycles. The maximum Gasteiger partial charge on any atom is 0.473 e. The summed E-state index contributed by atoms with van der Waals surface area (Å²) < 4.78 is 22.3. The Morgan fingerprint density at radius 2 is 1.96 bits per heavy atom. The lowest BCUT2D eigenvalue weighted by atomic mass is 9.93. The third-order valence-corrected chi connectivity index (χ3v) is 7.03. The lowest BCUT2D eigenvalue weighted by Crippen LogP contribution is -2.28. The van der Waals surface area contributed by atoms with Gasteiger partial charge in [-0.3, -0.25) is 13.9 Å². The minimum absolute atomic E-state index is 0.157. The maximum absolute atomic E-state index is 12.0. The highest BCUT2D eigenvalue weighted by molar-refractivity contribution is 7.47. The monoisotopic (exact) mass is 373 g/mol. The summed E-state index contributed by atoms with van der Waals surface area (Å²) in [6, 6.07) is 15.2. The Labute approximate surface area is 153 Å². The summed E-state index contributed by atoms with van der Waals surface area (Å²) >= 11 is 0. The number of fused-ring (bicyclic) bond motifs is 2. The molecular formula is C20H24NO4P. The largest absolute Gasteiger partial charge is 0.473 e. The molecule has 1 saturated heterocycles. The number of benzene rings is 2. The van der Waals surface area contributed by atoms with Gasteiger partial charge in [-0.2, -0.15) is 0 Å². The van der Waals surface area contributed by atoms with Crippen LogP contribution in [0.15, 0.2) is 42.5 Å². The van der Waals surface area contributed by atoms with E-state index in [0.717, 1.165) is 25.9 Å². The number of piperidine rings is 1. The molecule has 3 atom stereocenters. The predicted octanol–water partition coefficient (Wildman–Crippen LogP) is 3.91. The molecule has 0 amide bonds. The SMILES string of the molecule is O=P(O)(OCC1CC1)OCN1C[C@H]2C[C@@]2(c2ccc3ccccc3c2)C1. The molecule has 1 unspecified atom stereocenters. The van der Waals surface area contributed by atoms with Gasteiger partial charge in [0.05, 0.1) is 6.61 Å². The van der Waals surface area contributed by atoms with Crippen molar-refractivity contribution in [3.05, 3.63) is 48.0 Å². The molecule has 26 heavy (non-hydrogen) atoms. The number of likely N-dealkylation sites (tertiary alicyclic amines) is 1. The van der Waals surface area contributed by atoms with E-state index < -0.39 is 7.82 Å². The third-order valence-electron chi connectivity index (χ3n) is 6.11. The number of rotatable bonds is 7. The van der Waals surface area contributed by atoms with Crippen molar-refractivity contribution in [1.29, 1.82) is 0 Å². The summed E-state index contributed by atoms with van der Waals surface area (Å²) in [5, 5.41) is 2.53. The maximum atomic E-state index is 12.0. The average molecular weight is 373 g/mol. The highest BCUT2D eigenvalue weighted by atomic mass is 31.2. The minimum atomic E-state index is -3.93. The highest BCUT2D eigenvalue weighted by Crippen LogP contribution is 2.59. The second-order valence-electron chi connectivity index (χ2n) is 8.10. The van der Waals surface area contributed by atoms with Gasteiger partial charge in [-0.15, -0.1) is 0 Å². The molecule has 3 fully saturated rings. The quantitative estimate of drug-likeness (QED) is 0.746. The minimum Gasteiger partial charge on any atom is -0.302 e. The molecule has 5 rings (SSSR count). The second-order valence-corrected chi connectivity index (χ2v) is 9.55. The zero-order chi connectivity index (χ0) is 17.8. The molecule has 0 radical (unpaired) electrons. The van der Waals surface area contributed by atoms with Crippen molar-refractivity contribution in [3.63, 3.8) is 0 Å². The van der Waals surface area contributed by atoms with Crippen molar-refractivity contribution in [2.24, 2.45) is 11.8 Å². The van der Waals surface area contributed by atoms with E-state index in [0.29, 0.717) is 18.4 Å². The van der Waals surface area contributed by atoms with Gasteiger partial charge in [-0.25, -0.2) is 4.57 Å². The fourth-order valence-corrected chi connectivity index (χ4v) is 5.09. The van der Waals surface area contributed by atoms with E-state index >= 15 is 0 Å². The average Bonchev–Trinajstić information content (AvgIpc) is 3.57. The van der Waals surface area contributed by atoms with Crippen LogP contribution in [0.4, 0.5) is 0 Å². The zero-order valence-corrected chi connectivity index (χ0v) is 15.6. The van der Waals surface area contributed by atoms with Crippen molar-refractivity contribution >= 4 is 18.6 Å². The highest BCUT2D eigenvalue weighted by Gasteiger charge is 2.60. The van der Waals surface area contributed by atoms with Crippen LogP contribution in [0.2, 0.25) is 0 Å². The smallest absolute Gasteiger partial charge is 0.302 e. The van der Waals surface area contributed by atoms with Gasteiger partial charge < -0.3 is 4.89 Å². The van der Waals surface area contributed by atoms with Crippen LogP contribution in [0.3, 0.4) is 0 Å². The first-order chi connectivity index (χ1) is 12.5. The molecule has 2 saturated carbocycles. The first kappa shape index (κ1) is 16.9. The fraction of sp³-hybridized carbons (Fsp3) is 0.500. The molecule has 138 valence electrons. The Morgan fingerprint density at radius 1 is 1.15 bits per heavy atom. The molecule has 0 bridgehead atoms. The van der Waals surface area contributed by atoms with Crippen molar-refractivity contribution in [1.82, 2.24) is 4.90 Å². The number of hydrogen-bond donors (Lipinski definition) is 1. The van der Waals surface area contributed by atoms with Crippen LogP contribution < -0.4 is 0 Å². The molecule has 1 N–H and O–H groups in total. The Kier molecular flexibility index (Phi) is 4.00. The molecule has 0 spiro atoms. The predicted molar refractivity (Wildman–Crippen MR) is 99.8 cm³/mol. The molecule has 0 aromatic heterocycles. The molecule has 2 aromatic rings. The van der Waals surface area contributed by atoms with Crippen LogP contribution >= 0.6 is 7.82 Å². The Balaban J connectivity index is 1.23. The summed E-state index contributed by atoms with van der Waals surface area (Å²) in [7, 11) is -3.93. The van der Waals surface area contributed by atoms with Gasteiger partial charge >= 0.3 is 7.82 Å². The van der Waals surface area contributed by atoms with Gasteiger partial charge in [0, 0.05) is 18.5 Å². The lowest BCUT2D eigenvalue weighted by molar-refractivity contribution is 0.0791. The summed E-state index contributed by atoms with van der Waals surface area (Å²) in [5.41, 5.74) is 1.56. The standard InChI is InChI=1S/C20H24NO4P/c22-26(23,24-12-15-5-6-15)25-14-21-11-19-10-20(19,13-21)18-8-7-16-3-1-2-4-17(16)9-18/h1-4,7-9,15,19H,5-6,10-14H2,(H,22,23)/t19-,20+/m1/s1. The van der Waals surface area contributed by atoms with Crippen molar-refractivity contribution in [3.8, 4) is 0 Å². The van der Waals surface area contributed by atoms with Gasteiger partial charge in [-0.05, 0) is 47.4 Å². The first-order valence-corrected chi connectivity index (χ1v) is 10.9. The van der Waals surface area contributed by atoms with Crippen molar-refractivity contribution in [2.75, 3.05) is 26.4 Å². The van der Waals surface area contributed by atoms with E-state index in [1.165, 1.54) is 22.8 Å². The van der Waals surface area contributed by atoms with Crippen LogP contribution in [0, 0.1) is 11.8 Å². The molecule has 2 aliphatic carbocycles. The van der Waals surface area contributed by atoms with E-state index in [9.17, 15) is 9.46 Å². The van der Waals surface area contributed by atoms with Crippen LogP contribution in [0.5, 0.6) is 0 Å².